The summed E-state index contributed by atoms with van der Waals surface area (Å²) in [6, 6.07) is 9.58. The molecule has 0 aliphatic carbocycles. The second-order valence-electron chi connectivity index (χ2n) is 11.1. The lowest BCUT2D eigenvalue weighted by molar-refractivity contribution is -0.134. The van der Waals surface area contributed by atoms with E-state index in [1.807, 2.05) is 75.0 Å². The summed E-state index contributed by atoms with van der Waals surface area (Å²) < 4.78 is 5.52. The monoisotopic (exact) mass is 441 g/mol. The van der Waals surface area contributed by atoms with Crippen LogP contribution in [0.25, 0.3) is 0 Å². The van der Waals surface area contributed by atoms with Crippen LogP contribution in [0.4, 0.5) is 11.4 Å². The standard InChI is InChI=1S/C26H39N3O3/c1-25(2,3)15-23(30)27-20-11-12-22(28(7)8)19(14-20)17-29(18-21-10-9-13-32-21)24(31)16-26(4,5)6/h9-14H,15-18H2,1-8H3,(H,27,30). The van der Waals surface area contributed by atoms with Gasteiger partial charge in [0, 0.05) is 44.9 Å². The third kappa shape index (κ3) is 8.40. The maximum atomic E-state index is 13.2. The maximum Gasteiger partial charge on any atom is 0.224 e. The number of nitrogens with zero attached hydrogens (tertiary/aromatic N) is 2. The molecular weight excluding hydrogens is 402 g/mol. The second-order valence-corrected chi connectivity index (χ2v) is 11.1. The van der Waals surface area contributed by atoms with E-state index in [0.717, 1.165) is 22.7 Å². The molecule has 0 fully saturated rings. The molecule has 2 amide bonds. The summed E-state index contributed by atoms with van der Waals surface area (Å²) in [6.45, 7) is 13.1. The SMILES string of the molecule is CN(C)c1ccc(NC(=O)CC(C)(C)C)cc1CN(Cc1ccco1)C(=O)CC(C)(C)C. The lowest BCUT2D eigenvalue weighted by Crippen LogP contribution is -2.33. The number of amides is 2. The Morgan fingerprint density at radius 3 is 2.12 bits per heavy atom. The van der Waals surface area contributed by atoms with Gasteiger partial charge in [0.15, 0.2) is 0 Å². The first-order valence-electron chi connectivity index (χ1n) is 11.1. The van der Waals surface area contributed by atoms with Crippen LogP contribution in [-0.2, 0) is 22.7 Å². The van der Waals surface area contributed by atoms with Crippen LogP contribution in [0.5, 0.6) is 0 Å². The summed E-state index contributed by atoms with van der Waals surface area (Å²) in [5.74, 6) is 0.798. The van der Waals surface area contributed by atoms with E-state index in [1.165, 1.54) is 0 Å². The highest BCUT2D eigenvalue weighted by molar-refractivity contribution is 5.91. The number of benzene rings is 1. The molecule has 0 saturated carbocycles. The van der Waals surface area contributed by atoms with Crippen molar-refractivity contribution in [1.82, 2.24) is 4.90 Å². The van der Waals surface area contributed by atoms with E-state index in [4.69, 9.17) is 4.42 Å². The molecule has 0 aliphatic rings. The van der Waals surface area contributed by atoms with Crippen LogP contribution in [0.15, 0.2) is 41.0 Å². The number of carbonyl (C=O) groups is 2. The average molecular weight is 442 g/mol. The van der Waals surface area contributed by atoms with E-state index in [-0.39, 0.29) is 22.6 Å². The number of nitrogens with one attached hydrogen (secondary N) is 1. The molecule has 32 heavy (non-hydrogen) atoms. The molecule has 1 heterocycles. The smallest absolute Gasteiger partial charge is 0.224 e. The quantitative estimate of drug-likeness (QED) is 0.572. The van der Waals surface area contributed by atoms with Gasteiger partial charge < -0.3 is 19.5 Å². The first kappa shape index (κ1) is 25.5. The lowest BCUT2D eigenvalue weighted by Gasteiger charge is -2.28. The summed E-state index contributed by atoms with van der Waals surface area (Å²) in [5.41, 5.74) is 2.51. The summed E-state index contributed by atoms with van der Waals surface area (Å²) in [7, 11) is 3.95. The molecule has 1 aromatic carbocycles. The Labute approximate surface area is 193 Å². The zero-order chi connectivity index (χ0) is 24.1. The second kappa shape index (κ2) is 10.2. The number of hydrogen-bond donors (Lipinski definition) is 1. The van der Waals surface area contributed by atoms with Crippen molar-refractivity contribution in [2.45, 2.75) is 67.5 Å². The fraction of sp³-hybridized carbons (Fsp3) is 0.538. The normalized spacial score (nSPS) is 11.9. The van der Waals surface area contributed by atoms with Crippen LogP contribution >= 0.6 is 0 Å². The fourth-order valence-corrected chi connectivity index (χ4v) is 3.51. The molecule has 2 aromatic rings. The van der Waals surface area contributed by atoms with Crippen molar-refractivity contribution >= 4 is 23.2 Å². The first-order chi connectivity index (χ1) is 14.7. The molecule has 2 rings (SSSR count). The molecule has 0 atom stereocenters. The van der Waals surface area contributed by atoms with Crippen LogP contribution < -0.4 is 10.2 Å². The van der Waals surface area contributed by atoms with Crippen molar-refractivity contribution in [3.8, 4) is 0 Å². The molecule has 0 radical (unpaired) electrons. The van der Waals surface area contributed by atoms with Crippen LogP contribution in [-0.4, -0.2) is 30.8 Å². The van der Waals surface area contributed by atoms with Crippen molar-refractivity contribution in [3.05, 3.63) is 47.9 Å². The Bertz CT molecular complexity index is 903. The van der Waals surface area contributed by atoms with Gasteiger partial charge in [0.2, 0.25) is 11.8 Å². The Morgan fingerprint density at radius 2 is 1.59 bits per heavy atom. The maximum absolute atomic E-state index is 13.2. The minimum absolute atomic E-state index is 0.0164. The average Bonchev–Trinajstić information content (AvgIpc) is 3.11. The van der Waals surface area contributed by atoms with E-state index < -0.39 is 0 Å². The summed E-state index contributed by atoms with van der Waals surface area (Å²) in [5, 5.41) is 3.01. The zero-order valence-corrected chi connectivity index (χ0v) is 20.9. The van der Waals surface area contributed by atoms with Crippen molar-refractivity contribution in [3.63, 3.8) is 0 Å². The topological polar surface area (TPSA) is 65.8 Å². The molecule has 0 saturated heterocycles. The van der Waals surface area contributed by atoms with Gasteiger partial charge in [-0.1, -0.05) is 41.5 Å². The number of hydrogen-bond acceptors (Lipinski definition) is 4. The number of anilines is 2. The molecule has 176 valence electrons. The summed E-state index contributed by atoms with van der Waals surface area (Å²) >= 11 is 0. The van der Waals surface area contributed by atoms with Crippen LogP contribution in [0, 0.1) is 10.8 Å². The van der Waals surface area contributed by atoms with Gasteiger partial charge in [0.05, 0.1) is 12.8 Å². The minimum Gasteiger partial charge on any atom is -0.467 e. The van der Waals surface area contributed by atoms with Gasteiger partial charge >= 0.3 is 0 Å². The Hall–Kier alpha value is -2.76. The number of carbonyl (C=O) groups excluding carboxylic acids is 2. The van der Waals surface area contributed by atoms with Gasteiger partial charge in [-0.2, -0.15) is 0 Å². The molecule has 6 nitrogen and oxygen atoms in total. The van der Waals surface area contributed by atoms with Crippen molar-refractivity contribution in [2.24, 2.45) is 10.8 Å². The van der Waals surface area contributed by atoms with E-state index in [2.05, 4.69) is 26.1 Å². The van der Waals surface area contributed by atoms with Gasteiger partial charge in [-0.05, 0) is 46.7 Å². The molecular formula is C26H39N3O3. The van der Waals surface area contributed by atoms with Gasteiger partial charge in [0.1, 0.15) is 5.76 Å². The Kier molecular flexibility index (Phi) is 8.16. The molecule has 0 aliphatic heterocycles. The molecule has 0 unspecified atom stereocenters. The Balaban J connectivity index is 2.32. The highest BCUT2D eigenvalue weighted by Crippen LogP contribution is 2.28. The van der Waals surface area contributed by atoms with E-state index >= 15 is 0 Å². The molecule has 1 aromatic heterocycles. The van der Waals surface area contributed by atoms with Crippen molar-refractivity contribution < 1.29 is 14.0 Å². The van der Waals surface area contributed by atoms with E-state index in [1.54, 1.807) is 6.26 Å². The highest BCUT2D eigenvalue weighted by Gasteiger charge is 2.24. The first-order valence-corrected chi connectivity index (χ1v) is 11.1. The van der Waals surface area contributed by atoms with Gasteiger partial charge in [-0.3, -0.25) is 9.59 Å². The third-order valence-corrected chi connectivity index (χ3v) is 4.86. The number of furan rings is 1. The fourth-order valence-electron chi connectivity index (χ4n) is 3.51. The molecule has 1 N–H and O–H groups in total. The van der Waals surface area contributed by atoms with E-state index in [0.29, 0.717) is 25.9 Å². The predicted molar refractivity (Wildman–Crippen MR) is 131 cm³/mol. The minimum atomic E-state index is -0.119. The van der Waals surface area contributed by atoms with Crippen molar-refractivity contribution in [2.75, 3.05) is 24.3 Å². The zero-order valence-electron chi connectivity index (χ0n) is 20.9. The van der Waals surface area contributed by atoms with Crippen LogP contribution in [0.1, 0.15) is 65.7 Å². The van der Waals surface area contributed by atoms with Crippen LogP contribution in [0.3, 0.4) is 0 Å². The lowest BCUT2D eigenvalue weighted by atomic mass is 9.91. The van der Waals surface area contributed by atoms with Crippen LogP contribution in [0.2, 0.25) is 0 Å². The summed E-state index contributed by atoms with van der Waals surface area (Å²) in [4.78, 5) is 29.5. The highest BCUT2D eigenvalue weighted by atomic mass is 16.3. The van der Waals surface area contributed by atoms with Gasteiger partial charge in [0.25, 0.3) is 0 Å². The van der Waals surface area contributed by atoms with Gasteiger partial charge in [-0.25, -0.2) is 0 Å². The summed E-state index contributed by atoms with van der Waals surface area (Å²) in [6.07, 6.45) is 2.50. The van der Waals surface area contributed by atoms with E-state index in [9.17, 15) is 9.59 Å². The number of rotatable bonds is 8. The third-order valence-electron chi connectivity index (χ3n) is 4.86. The van der Waals surface area contributed by atoms with Crippen molar-refractivity contribution in [1.29, 1.82) is 0 Å². The predicted octanol–water partition coefficient (Wildman–Crippen LogP) is 5.69. The van der Waals surface area contributed by atoms with Gasteiger partial charge in [-0.15, -0.1) is 0 Å². The largest absolute Gasteiger partial charge is 0.467 e. The molecule has 0 spiro atoms. The molecule has 0 bridgehead atoms. The molecule has 6 heteroatoms. The Morgan fingerprint density at radius 1 is 0.938 bits per heavy atom.